The average molecular weight is 293 g/mol. The van der Waals surface area contributed by atoms with Gasteiger partial charge in [0.05, 0.1) is 6.61 Å². The zero-order valence-corrected chi connectivity index (χ0v) is 11.8. The van der Waals surface area contributed by atoms with Crippen LogP contribution in [-0.4, -0.2) is 6.61 Å². The van der Waals surface area contributed by atoms with Crippen LogP contribution in [0.4, 0.5) is 0 Å². The third-order valence-corrected chi connectivity index (χ3v) is 3.50. The van der Waals surface area contributed by atoms with Crippen molar-refractivity contribution in [1.29, 1.82) is 0 Å². The van der Waals surface area contributed by atoms with Gasteiger partial charge >= 0.3 is 0 Å². The summed E-state index contributed by atoms with van der Waals surface area (Å²) in [6, 6.07) is 12.5. The van der Waals surface area contributed by atoms with Crippen LogP contribution in [0.25, 0.3) is 10.8 Å². The van der Waals surface area contributed by atoms with Gasteiger partial charge in [-0.05, 0) is 41.0 Å². The van der Waals surface area contributed by atoms with E-state index in [1.54, 1.807) is 0 Å². The van der Waals surface area contributed by atoms with Gasteiger partial charge in [0.15, 0.2) is 0 Å². The molecule has 0 bridgehead atoms. The molecule has 0 aliphatic carbocycles. The molecule has 2 aromatic rings. The number of fused-ring (bicyclic) bond motifs is 1. The van der Waals surface area contributed by atoms with Crippen molar-refractivity contribution >= 4 is 26.7 Å². The lowest BCUT2D eigenvalue weighted by molar-refractivity contribution is 0.257. The molecule has 0 unspecified atom stereocenters. The van der Waals surface area contributed by atoms with Gasteiger partial charge in [-0.15, -0.1) is 0 Å². The molecule has 0 aromatic heterocycles. The maximum atomic E-state index is 5.79. The summed E-state index contributed by atoms with van der Waals surface area (Å²) in [5, 5.41) is 2.45. The summed E-state index contributed by atoms with van der Waals surface area (Å²) in [5.74, 6) is 1.57. The number of halogens is 1. The summed E-state index contributed by atoms with van der Waals surface area (Å²) in [7, 11) is 0. The monoisotopic (exact) mass is 292 g/mol. The van der Waals surface area contributed by atoms with Crippen LogP contribution in [0.5, 0.6) is 5.75 Å². The predicted octanol–water partition coefficient (Wildman–Crippen LogP) is 5.03. The first-order chi connectivity index (χ1) is 8.19. The topological polar surface area (TPSA) is 9.23 Å². The highest BCUT2D eigenvalue weighted by Crippen LogP contribution is 2.24. The Morgan fingerprint density at radius 2 is 1.82 bits per heavy atom. The van der Waals surface area contributed by atoms with Crippen molar-refractivity contribution in [2.45, 2.75) is 20.3 Å². The van der Waals surface area contributed by atoms with Crippen molar-refractivity contribution in [3.63, 3.8) is 0 Å². The SMILES string of the molecule is CC[C@@H](C)COc1ccc2cc(Br)ccc2c1. The van der Waals surface area contributed by atoms with Crippen LogP contribution < -0.4 is 4.74 Å². The lowest BCUT2D eigenvalue weighted by atomic mass is 10.1. The van der Waals surface area contributed by atoms with E-state index in [1.165, 1.54) is 10.8 Å². The summed E-state index contributed by atoms with van der Waals surface area (Å²) in [6.07, 6.45) is 1.15. The molecule has 1 atom stereocenters. The Balaban J connectivity index is 2.17. The Bertz CT molecular complexity index is 507. The standard InChI is InChI=1S/C15H17BrO/c1-3-11(2)10-17-15-7-5-12-8-14(16)6-4-13(12)9-15/h4-9,11H,3,10H2,1-2H3/t11-/m1/s1. The maximum absolute atomic E-state index is 5.79. The minimum Gasteiger partial charge on any atom is -0.493 e. The molecule has 0 heterocycles. The van der Waals surface area contributed by atoms with Gasteiger partial charge in [-0.2, -0.15) is 0 Å². The van der Waals surface area contributed by atoms with E-state index in [1.807, 2.05) is 6.07 Å². The van der Waals surface area contributed by atoms with Crippen molar-refractivity contribution in [3.05, 3.63) is 40.9 Å². The van der Waals surface area contributed by atoms with E-state index in [4.69, 9.17) is 4.74 Å². The molecule has 0 radical (unpaired) electrons. The Morgan fingerprint density at radius 1 is 1.12 bits per heavy atom. The molecule has 0 amide bonds. The highest BCUT2D eigenvalue weighted by Gasteiger charge is 2.01. The van der Waals surface area contributed by atoms with Crippen molar-refractivity contribution < 1.29 is 4.74 Å². The van der Waals surface area contributed by atoms with E-state index in [9.17, 15) is 0 Å². The second-order valence-corrected chi connectivity index (χ2v) is 5.39. The lowest BCUT2D eigenvalue weighted by Gasteiger charge is -2.11. The van der Waals surface area contributed by atoms with Gasteiger partial charge in [0.2, 0.25) is 0 Å². The van der Waals surface area contributed by atoms with Gasteiger partial charge in [0.25, 0.3) is 0 Å². The molecule has 0 saturated heterocycles. The van der Waals surface area contributed by atoms with Crippen LogP contribution in [0.1, 0.15) is 20.3 Å². The quantitative estimate of drug-likeness (QED) is 0.768. The van der Waals surface area contributed by atoms with Crippen LogP contribution in [-0.2, 0) is 0 Å². The number of hydrogen-bond donors (Lipinski definition) is 0. The number of hydrogen-bond acceptors (Lipinski definition) is 1. The maximum Gasteiger partial charge on any atom is 0.119 e. The van der Waals surface area contributed by atoms with E-state index < -0.39 is 0 Å². The zero-order valence-electron chi connectivity index (χ0n) is 10.2. The molecule has 2 heteroatoms. The van der Waals surface area contributed by atoms with Crippen molar-refractivity contribution in [2.24, 2.45) is 5.92 Å². The van der Waals surface area contributed by atoms with E-state index in [2.05, 4.69) is 60.1 Å². The van der Waals surface area contributed by atoms with Crippen LogP contribution in [0, 0.1) is 5.92 Å². The lowest BCUT2D eigenvalue weighted by Crippen LogP contribution is -2.06. The van der Waals surface area contributed by atoms with Crippen LogP contribution in [0.2, 0.25) is 0 Å². The Kier molecular flexibility index (Phi) is 4.06. The molecule has 0 N–H and O–H groups in total. The van der Waals surface area contributed by atoms with Crippen LogP contribution in [0.3, 0.4) is 0 Å². The smallest absolute Gasteiger partial charge is 0.119 e. The van der Waals surface area contributed by atoms with E-state index in [0.29, 0.717) is 5.92 Å². The Morgan fingerprint density at radius 3 is 2.59 bits per heavy atom. The van der Waals surface area contributed by atoms with Gasteiger partial charge in [-0.25, -0.2) is 0 Å². The number of ether oxygens (including phenoxy) is 1. The van der Waals surface area contributed by atoms with E-state index >= 15 is 0 Å². The van der Waals surface area contributed by atoms with Gasteiger partial charge in [0, 0.05) is 4.47 Å². The summed E-state index contributed by atoms with van der Waals surface area (Å²) in [5.41, 5.74) is 0. The summed E-state index contributed by atoms with van der Waals surface area (Å²) < 4.78 is 6.89. The summed E-state index contributed by atoms with van der Waals surface area (Å²) in [4.78, 5) is 0. The van der Waals surface area contributed by atoms with Crippen molar-refractivity contribution in [1.82, 2.24) is 0 Å². The highest BCUT2D eigenvalue weighted by atomic mass is 79.9. The average Bonchev–Trinajstić information content (AvgIpc) is 2.35. The van der Waals surface area contributed by atoms with Crippen LogP contribution in [0.15, 0.2) is 40.9 Å². The first kappa shape index (κ1) is 12.4. The molecule has 90 valence electrons. The summed E-state index contributed by atoms with van der Waals surface area (Å²) >= 11 is 3.48. The molecular weight excluding hydrogens is 276 g/mol. The van der Waals surface area contributed by atoms with Gasteiger partial charge in [-0.3, -0.25) is 0 Å². The molecule has 17 heavy (non-hydrogen) atoms. The van der Waals surface area contributed by atoms with Gasteiger partial charge in [-0.1, -0.05) is 48.3 Å². The van der Waals surface area contributed by atoms with E-state index in [-0.39, 0.29) is 0 Å². The fraction of sp³-hybridized carbons (Fsp3) is 0.333. The molecule has 0 saturated carbocycles. The summed E-state index contributed by atoms with van der Waals surface area (Å²) in [6.45, 7) is 5.18. The van der Waals surface area contributed by atoms with Crippen LogP contribution >= 0.6 is 15.9 Å². The fourth-order valence-corrected chi connectivity index (χ4v) is 2.02. The second kappa shape index (κ2) is 5.54. The highest BCUT2D eigenvalue weighted by molar-refractivity contribution is 9.10. The molecule has 2 aromatic carbocycles. The Labute approximate surface area is 111 Å². The molecule has 0 aliphatic rings. The largest absolute Gasteiger partial charge is 0.493 e. The molecule has 0 spiro atoms. The molecule has 1 nitrogen and oxygen atoms in total. The fourth-order valence-electron chi connectivity index (χ4n) is 1.64. The minimum absolute atomic E-state index is 0.607. The van der Waals surface area contributed by atoms with Gasteiger partial charge < -0.3 is 4.74 Å². The zero-order chi connectivity index (χ0) is 12.3. The van der Waals surface area contributed by atoms with Crippen molar-refractivity contribution in [3.8, 4) is 5.75 Å². The minimum atomic E-state index is 0.607. The van der Waals surface area contributed by atoms with E-state index in [0.717, 1.165) is 23.2 Å². The molecule has 0 fully saturated rings. The molecule has 2 rings (SSSR count). The Hall–Kier alpha value is -1.02. The van der Waals surface area contributed by atoms with Crippen molar-refractivity contribution in [2.75, 3.05) is 6.61 Å². The van der Waals surface area contributed by atoms with Gasteiger partial charge in [0.1, 0.15) is 5.75 Å². The number of benzene rings is 2. The first-order valence-electron chi connectivity index (χ1n) is 6.01. The normalized spacial score (nSPS) is 12.6. The first-order valence-corrected chi connectivity index (χ1v) is 6.80. The molecular formula is C15H17BrO. The second-order valence-electron chi connectivity index (χ2n) is 4.48. The third kappa shape index (κ3) is 3.22. The predicted molar refractivity (Wildman–Crippen MR) is 76.6 cm³/mol. The molecule has 0 aliphatic heterocycles. The number of rotatable bonds is 4. The third-order valence-electron chi connectivity index (χ3n) is 3.01.